The van der Waals surface area contributed by atoms with Gasteiger partial charge in [-0.1, -0.05) is 15.9 Å². The Hall–Kier alpha value is -2.86. The number of carbonyl (C=O) groups excluding carboxylic acids is 1. The molecule has 29 heavy (non-hydrogen) atoms. The van der Waals surface area contributed by atoms with Gasteiger partial charge >= 0.3 is 11.9 Å². The summed E-state index contributed by atoms with van der Waals surface area (Å²) in [5, 5.41) is 9.08. The molecule has 0 atom stereocenters. The second kappa shape index (κ2) is 8.66. The first-order valence-electron chi connectivity index (χ1n) is 7.65. The van der Waals surface area contributed by atoms with E-state index in [4.69, 9.17) is 14.6 Å². The molecule has 0 saturated carbocycles. The summed E-state index contributed by atoms with van der Waals surface area (Å²) < 4.78 is 57.0. The highest BCUT2D eigenvalue weighted by Crippen LogP contribution is 2.35. The lowest BCUT2D eigenvalue weighted by Gasteiger charge is -2.16. The van der Waals surface area contributed by atoms with Crippen LogP contribution in [0.3, 0.4) is 0 Å². The minimum Gasteiger partial charge on any atom is -0.493 e. The Morgan fingerprint density at radius 1 is 1.03 bits per heavy atom. The Labute approximate surface area is 173 Å². The van der Waals surface area contributed by atoms with Crippen molar-refractivity contribution in [1.29, 1.82) is 0 Å². The summed E-state index contributed by atoms with van der Waals surface area (Å²) in [5.41, 5.74) is -1.37. The number of sulfonamides is 1. The van der Waals surface area contributed by atoms with Crippen molar-refractivity contribution in [2.24, 2.45) is 0 Å². The van der Waals surface area contributed by atoms with Crippen LogP contribution in [0.15, 0.2) is 33.6 Å². The van der Waals surface area contributed by atoms with E-state index in [1.165, 1.54) is 20.3 Å². The second-order valence-electron chi connectivity index (χ2n) is 5.42. The standard InChI is InChI=1S/C17H15BrFNO8S/c1-26-12-6-9(17(23)28-3)11(7-13(12)27-2)20-29(24,25)14-5-8(18)4-10(15(14)19)16(21)22/h4-7,20H,1-3H3,(H,21,22). The largest absolute Gasteiger partial charge is 0.493 e. The maximum absolute atomic E-state index is 14.5. The summed E-state index contributed by atoms with van der Waals surface area (Å²) in [7, 11) is -0.961. The van der Waals surface area contributed by atoms with E-state index in [0.29, 0.717) is 0 Å². The maximum atomic E-state index is 14.5. The zero-order valence-electron chi connectivity index (χ0n) is 15.3. The van der Waals surface area contributed by atoms with Crippen LogP contribution in [0.5, 0.6) is 11.5 Å². The number of halogens is 2. The molecule has 2 aromatic rings. The average Bonchev–Trinajstić information content (AvgIpc) is 2.67. The predicted molar refractivity (Wildman–Crippen MR) is 103 cm³/mol. The molecule has 0 radical (unpaired) electrons. The van der Waals surface area contributed by atoms with E-state index in [9.17, 15) is 22.4 Å². The van der Waals surface area contributed by atoms with Crippen molar-refractivity contribution >= 4 is 43.6 Å². The smallest absolute Gasteiger partial charge is 0.340 e. The van der Waals surface area contributed by atoms with Crippen molar-refractivity contribution < 1.29 is 41.7 Å². The third-order valence-electron chi connectivity index (χ3n) is 3.70. The molecule has 0 heterocycles. The fraction of sp³-hybridized carbons (Fsp3) is 0.176. The number of hydrogen-bond donors (Lipinski definition) is 2. The van der Waals surface area contributed by atoms with Crippen molar-refractivity contribution in [3.63, 3.8) is 0 Å². The Balaban J connectivity index is 2.67. The number of hydrogen-bond acceptors (Lipinski definition) is 7. The van der Waals surface area contributed by atoms with Gasteiger partial charge in [0.15, 0.2) is 17.3 Å². The van der Waals surface area contributed by atoms with Gasteiger partial charge in [0.2, 0.25) is 0 Å². The Bertz CT molecular complexity index is 1090. The van der Waals surface area contributed by atoms with Crippen LogP contribution in [-0.2, 0) is 14.8 Å². The first-order valence-corrected chi connectivity index (χ1v) is 9.92. The highest BCUT2D eigenvalue weighted by molar-refractivity contribution is 9.10. The van der Waals surface area contributed by atoms with E-state index in [2.05, 4.69) is 25.4 Å². The van der Waals surface area contributed by atoms with E-state index in [-0.39, 0.29) is 27.2 Å². The summed E-state index contributed by atoms with van der Waals surface area (Å²) in [6.07, 6.45) is 0. The Morgan fingerprint density at radius 3 is 2.14 bits per heavy atom. The molecule has 0 unspecified atom stereocenters. The van der Waals surface area contributed by atoms with Gasteiger partial charge in [0.05, 0.1) is 38.1 Å². The molecule has 2 rings (SSSR count). The van der Waals surface area contributed by atoms with Crippen LogP contribution >= 0.6 is 15.9 Å². The zero-order valence-corrected chi connectivity index (χ0v) is 17.7. The van der Waals surface area contributed by atoms with Crippen LogP contribution in [0, 0.1) is 5.82 Å². The predicted octanol–water partition coefficient (Wildman–Crippen LogP) is 2.89. The molecular formula is C17H15BrFNO8S. The molecule has 0 aromatic heterocycles. The van der Waals surface area contributed by atoms with Gasteiger partial charge in [-0.15, -0.1) is 0 Å². The third kappa shape index (κ3) is 4.59. The van der Waals surface area contributed by atoms with Crippen LogP contribution in [0.1, 0.15) is 20.7 Å². The SMILES string of the molecule is COC(=O)c1cc(OC)c(OC)cc1NS(=O)(=O)c1cc(Br)cc(C(=O)O)c1F. The first kappa shape index (κ1) is 22.4. The van der Waals surface area contributed by atoms with Crippen molar-refractivity contribution in [2.75, 3.05) is 26.1 Å². The van der Waals surface area contributed by atoms with Gasteiger partial charge in [0, 0.05) is 16.6 Å². The summed E-state index contributed by atoms with van der Waals surface area (Å²) in [6, 6.07) is 4.15. The van der Waals surface area contributed by atoms with Gasteiger partial charge < -0.3 is 19.3 Å². The molecule has 0 bridgehead atoms. The van der Waals surface area contributed by atoms with Crippen LogP contribution in [-0.4, -0.2) is 46.8 Å². The summed E-state index contributed by atoms with van der Waals surface area (Å²) >= 11 is 2.95. The molecule has 0 amide bonds. The van der Waals surface area contributed by atoms with E-state index in [1.54, 1.807) is 0 Å². The Morgan fingerprint density at radius 2 is 1.62 bits per heavy atom. The number of methoxy groups -OCH3 is 3. The number of carbonyl (C=O) groups is 2. The van der Waals surface area contributed by atoms with Crippen molar-refractivity contribution in [3.05, 3.63) is 45.7 Å². The van der Waals surface area contributed by atoms with Crippen LogP contribution in [0.25, 0.3) is 0 Å². The Kier molecular flexibility index (Phi) is 6.69. The molecule has 12 heteroatoms. The molecular weight excluding hydrogens is 477 g/mol. The normalized spacial score (nSPS) is 10.9. The molecule has 0 fully saturated rings. The van der Waals surface area contributed by atoms with E-state index >= 15 is 0 Å². The summed E-state index contributed by atoms with van der Waals surface area (Å²) in [4.78, 5) is 22.3. The maximum Gasteiger partial charge on any atom is 0.340 e. The van der Waals surface area contributed by atoms with Crippen LogP contribution in [0.4, 0.5) is 10.1 Å². The number of aromatic carboxylic acids is 1. The molecule has 0 aliphatic carbocycles. The number of anilines is 1. The number of rotatable bonds is 7. The zero-order chi connectivity index (χ0) is 21.9. The topological polar surface area (TPSA) is 128 Å². The summed E-state index contributed by atoms with van der Waals surface area (Å²) in [5.74, 6) is -3.81. The van der Waals surface area contributed by atoms with Gasteiger partial charge in [-0.05, 0) is 12.1 Å². The highest BCUT2D eigenvalue weighted by Gasteiger charge is 2.28. The minimum absolute atomic E-state index is 0.0252. The number of benzene rings is 2. The van der Waals surface area contributed by atoms with Crippen molar-refractivity contribution in [2.45, 2.75) is 4.90 Å². The fourth-order valence-electron chi connectivity index (χ4n) is 2.36. The number of carboxylic acids is 1. The highest BCUT2D eigenvalue weighted by atomic mass is 79.9. The van der Waals surface area contributed by atoms with Gasteiger partial charge in [-0.3, -0.25) is 4.72 Å². The fourth-order valence-corrected chi connectivity index (χ4v) is 4.16. The lowest BCUT2D eigenvalue weighted by Crippen LogP contribution is -2.19. The quantitative estimate of drug-likeness (QED) is 0.565. The van der Waals surface area contributed by atoms with E-state index in [1.807, 2.05) is 0 Å². The monoisotopic (exact) mass is 491 g/mol. The molecule has 0 spiro atoms. The molecule has 0 aliphatic rings. The first-order chi connectivity index (χ1) is 13.5. The van der Waals surface area contributed by atoms with E-state index < -0.39 is 38.2 Å². The number of ether oxygens (including phenoxy) is 3. The van der Waals surface area contributed by atoms with Gasteiger partial charge in [0.1, 0.15) is 4.90 Å². The summed E-state index contributed by atoms with van der Waals surface area (Å²) in [6.45, 7) is 0. The van der Waals surface area contributed by atoms with Crippen molar-refractivity contribution in [3.8, 4) is 11.5 Å². The van der Waals surface area contributed by atoms with Crippen LogP contribution < -0.4 is 14.2 Å². The van der Waals surface area contributed by atoms with E-state index in [0.717, 1.165) is 25.3 Å². The molecule has 0 saturated heterocycles. The lowest BCUT2D eigenvalue weighted by atomic mass is 10.1. The molecule has 9 nitrogen and oxygen atoms in total. The number of esters is 1. The third-order valence-corrected chi connectivity index (χ3v) is 5.52. The molecule has 2 aromatic carbocycles. The minimum atomic E-state index is -4.65. The molecule has 156 valence electrons. The average molecular weight is 492 g/mol. The van der Waals surface area contributed by atoms with Gasteiger partial charge in [-0.25, -0.2) is 22.4 Å². The van der Waals surface area contributed by atoms with Crippen molar-refractivity contribution in [1.82, 2.24) is 0 Å². The second-order valence-corrected chi connectivity index (χ2v) is 7.99. The van der Waals surface area contributed by atoms with Gasteiger partial charge in [-0.2, -0.15) is 0 Å². The number of carboxylic acid groups (broad SMARTS) is 1. The molecule has 0 aliphatic heterocycles. The molecule has 2 N–H and O–H groups in total. The number of nitrogens with one attached hydrogen (secondary N) is 1. The van der Waals surface area contributed by atoms with Crippen LogP contribution in [0.2, 0.25) is 0 Å². The van der Waals surface area contributed by atoms with Gasteiger partial charge in [0.25, 0.3) is 10.0 Å². The lowest BCUT2D eigenvalue weighted by molar-refractivity contribution is 0.0600.